The molecule has 14 radical (unpaired) electrons. The van der Waals surface area contributed by atoms with Gasteiger partial charge >= 0.3 is 5.97 Å². The van der Waals surface area contributed by atoms with Crippen LogP contribution in [0.25, 0.3) is 22.5 Å². The Bertz CT molecular complexity index is 1880. The molecule has 19 heteroatoms. The van der Waals surface area contributed by atoms with Crippen molar-refractivity contribution in [2.45, 2.75) is 48.6 Å². The SMILES string of the molecule is [B]C1([B])c2cn(C)nc2-c2ccc(F)cc2[C@@H](C)Oc2cc(cnc2NCOC(=O)C(N)C(C)C)-c2c1c(Cl)nn2C([B])([B])C([B])([B])[B]. The molecule has 230 valence electrons. The van der Waals surface area contributed by atoms with Crippen LogP contribution in [0.3, 0.4) is 0 Å². The molecule has 3 N–H and O–H groups in total. The standard InChI is InChI=1S/C29H26B7ClFN7O3/c1-12(2)21(39)26(46)47-11-41-25-19-7-14(9-40-25)23-20(24(37)43-45(23)29(35,36)28(32,33)34)27(30,31)18-10-44(4)42-22(18)16-6-5-15(38)8-17(16)13(3)48-19/h5-10,12-13,21H,11,39H2,1-4H3,(H,40,41)/t13-,21?/m1/s1. The van der Waals surface area contributed by atoms with E-state index in [-0.39, 0.29) is 51.8 Å². The number of pyridine rings is 1. The number of hydrogen-bond donors (Lipinski definition) is 2. The van der Waals surface area contributed by atoms with Gasteiger partial charge in [-0.25, -0.2) is 9.37 Å². The van der Waals surface area contributed by atoms with E-state index in [2.05, 4.69) is 20.5 Å². The van der Waals surface area contributed by atoms with Gasteiger partial charge in [0.15, 0.2) is 23.5 Å². The average molecular weight is 651 g/mol. The number of nitrogens with two attached hydrogens (primary N) is 1. The third-order valence-electron chi connectivity index (χ3n) is 8.16. The number of esters is 1. The molecular weight excluding hydrogens is 625 g/mol. The van der Waals surface area contributed by atoms with Crippen LogP contribution in [-0.2, 0) is 27.1 Å². The zero-order chi connectivity index (χ0) is 35.5. The number of fused-ring (bicyclic) bond motifs is 7. The summed E-state index contributed by atoms with van der Waals surface area (Å²) in [6.45, 7) is 4.97. The second-order valence-electron chi connectivity index (χ2n) is 12.2. The lowest BCUT2D eigenvalue weighted by atomic mass is 9.26. The molecule has 4 aromatic rings. The summed E-state index contributed by atoms with van der Waals surface area (Å²) in [7, 11) is 46.5. The number of aromatic nitrogens is 5. The number of anilines is 1. The molecule has 0 spiro atoms. The molecule has 10 nitrogen and oxygen atoms in total. The zero-order valence-corrected chi connectivity index (χ0v) is 27.5. The number of halogens is 2. The molecule has 1 aliphatic rings. The summed E-state index contributed by atoms with van der Waals surface area (Å²) in [5.74, 6) is -1.06. The molecular formula is C29H26B7ClFN7O3. The van der Waals surface area contributed by atoms with Gasteiger partial charge in [-0.15, -0.1) is 5.11 Å². The number of carbonyl (C=O) groups is 1. The van der Waals surface area contributed by atoms with Crippen molar-refractivity contribution in [1.29, 1.82) is 0 Å². The van der Waals surface area contributed by atoms with Gasteiger partial charge in [0.2, 0.25) is 0 Å². The molecule has 2 atom stereocenters. The Hall–Kier alpha value is -3.51. The lowest BCUT2D eigenvalue weighted by Gasteiger charge is -2.43. The highest BCUT2D eigenvalue weighted by Gasteiger charge is 2.41. The first-order chi connectivity index (χ1) is 22.2. The maximum absolute atomic E-state index is 14.8. The minimum atomic E-state index is -2.28. The molecule has 1 unspecified atom stereocenters. The van der Waals surface area contributed by atoms with E-state index >= 15 is 0 Å². The normalized spacial score (nSPS) is 16.4. The molecule has 1 aliphatic heterocycles. The van der Waals surface area contributed by atoms with E-state index in [1.165, 1.54) is 35.1 Å². The molecule has 1 aromatic carbocycles. The molecule has 4 heterocycles. The number of rotatable bonds is 7. The maximum Gasteiger partial charge on any atom is 0.324 e. The topological polar surface area (TPSA) is 122 Å². The zero-order valence-electron chi connectivity index (χ0n) is 26.7. The Morgan fingerprint density at radius 1 is 1.21 bits per heavy atom. The van der Waals surface area contributed by atoms with Gasteiger partial charge < -0.3 is 20.5 Å². The van der Waals surface area contributed by atoms with E-state index in [0.29, 0.717) is 16.8 Å². The van der Waals surface area contributed by atoms with Crippen molar-refractivity contribution in [3.8, 4) is 28.3 Å². The smallest absolute Gasteiger partial charge is 0.324 e. The Morgan fingerprint density at radius 3 is 2.54 bits per heavy atom. The van der Waals surface area contributed by atoms with E-state index in [9.17, 15) is 9.18 Å². The van der Waals surface area contributed by atoms with Crippen molar-refractivity contribution < 1.29 is 18.7 Å². The van der Waals surface area contributed by atoms with Crippen LogP contribution in [0.1, 0.15) is 43.6 Å². The van der Waals surface area contributed by atoms with Crippen molar-refractivity contribution in [3.05, 3.63) is 64.3 Å². The first-order valence-corrected chi connectivity index (χ1v) is 15.1. The lowest BCUT2D eigenvalue weighted by molar-refractivity contribution is -0.145. The van der Waals surface area contributed by atoms with Gasteiger partial charge in [0.1, 0.15) is 18.0 Å². The second-order valence-corrected chi connectivity index (χ2v) is 12.6. The molecule has 5 rings (SSSR count). The van der Waals surface area contributed by atoms with Crippen molar-refractivity contribution in [2.24, 2.45) is 18.7 Å². The van der Waals surface area contributed by atoms with Crippen molar-refractivity contribution in [3.63, 3.8) is 0 Å². The number of aryl methyl sites for hydroxylation is 1. The van der Waals surface area contributed by atoms with Crippen LogP contribution in [0.2, 0.25) is 10.3 Å². The van der Waals surface area contributed by atoms with Gasteiger partial charge in [-0.2, -0.15) is 10.2 Å². The van der Waals surface area contributed by atoms with Crippen molar-refractivity contribution >= 4 is 78.3 Å². The summed E-state index contributed by atoms with van der Waals surface area (Å²) >= 11 is 6.78. The summed E-state index contributed by atoms with van der Waals surface area (Å²) in [6.07, 6.45) is 2.15. The number of hydrogen-bond acceptors (Lipinski definition) is 8. The molecule has 0 saturated carbocycles. The van der Waals surface area contributed by atoms with Gasteiger partial charge in [0, 0.05) is 41.7 Å². The summed E-state index contributed by atoms with van der Waals surface area (Å²) in [4.78, 5) is 16.9. The van der Waals surface area contributed by atoms with Gasteiger partial charge in [0.25, 0.3) is 0 Å². The van der Waals surface area contributed by atoms with E-state index in [0.717, 1.165) is 4.68 Å². The van der Waals surface area contributed by atoms with Crippen LogP contribution in [0.15, 0.2) is 36.7 Å². The number of ether oxygens (including phenoxy) is 2. The summed E-state index contributed by atoms with van der Waals surface area (Å²) in [5.41, 5.74) is 7.64. The highest BCUT2D eigenvalue weighted by Crippen LogP contribution is 2.47. The first kappa shape index (κ1) is 35.8. The highest BCUT2D eigenvalue weighted by atomic mass is 35.5. The molecule has 0 aliphatic carbocycles. The molecule has 0 saturated heterocycles. The average Bonchev–Trinajstić information content (AvgIpc) is 3.57. The predicted molar refractivity (Wildman–Crippen MR) is 187 cm³/mol. The molecule has 48 heavy (non-hydrogen) atoms. The number of carbonyl (C=O) groups excluding carboxylic acids is 1. The Morgan fingerprint density at radius 2 is 1.90 bits per heavy atom. The van der Waals surface area contributed by atoms with E-state index < -0.39 is 39.6 Å². The minimum absolute atomic E-state index is 0.0188. The van der Waals surface area contributed by atoms with Crippen molar-refractivity contribution in [2.75, 3.05) is 12.0 Å². The van der Waals surface area contributed by atoms with Crippen LogP contribution < -0.4 is 15.8 Å². The van der Waals surface area contributed by atoms with Crippen molar-refractivity contribution in [1.82, 2.24) is 24.5 Å². The summed E-state index contributed by atoms with van der Waals surface area (Å²) in [5, 5.41) is 5.17. The Balaban J connectivity index is 1.79. The van der Waals surface area contributed by atoms with Gasteiger partial charge in [-0.1, -0.05) is 25.4 Å². The van der Waals surface area contributed by atoms with Crippen LogP contribution in [-0.4, -0.2) is 98.2 Å². The van der Waals surface area contributed by atoms with Gasteiger partial charge in [0.05, 0.1) is 66.3 Å². The third kappa shape index (κ3) is 6.33. The van der Waals surface area contributed by atoms with E-state index in [1.807, 2.05) is 0 Å². The third-order valence-corrected chi connectivity index (χ3v) is 8.42. The van der Waals surface area contributed by atoms with E-state index in [1.54, 1.807) is 34.0 Å². The monoisotopic (exact) mass is 651 g/mol. The fraction of sp³-hybridized carbons (Fsp3) is 0.379. The molecule has 0 fully saturated rings. The second kappa shape index (κ2) is 12.7. The fourth-order valence-corrected chi connectivity index (χ4v) is 5.60. The lowest BCUT2D eigenvalue weighted by Crippen LogP contribution is -2.49. The number of nitrogens with zero attached hydrogens (tertiary/aromatic N) is 5. The number of nitrogens with one attached hydrogen (secondary N) is 1. The predicted octanol–water partition coefficient (Wildman–Crippen LogP) is 1.55. The van der Waals surface area contributed by atoms with Crippen LogP contribution in [0.5, 0.6) is 5.75 Å². The molecule has 3 aromatic heterocycles. The van der Waals surface area contributed by atoms with Crippen LogP contribution in [0, 0.1) is 11.7 Å². The Labute approximate surface area is 292 Å². The van der Waals surface area contributed by atoms with E-state index in [4.69, 9.17) is 81.7 Å². The quantitative estimate of drug-likeness (QED) is 0.176. The van der Waals surface area contributed by atoms with Crippen LogP contribution >= 0.6 is 11.6 Å². The maximum atomic E-state index is 14.8. The number of benzene rings is 1. The highest BCUT2D eigenvalue weighted by molar-refractivity contribution is 6.66. The molecule has 0 amide bonds. The first-order valence-electron chi connectivity index (χ1n) is 14.7. The van der Waals surface area contributed by atoms with Gasteiger partial charge in [-0.05, 0) is 53.2 Å². The summed E-state index contributed by atoms with van der Waals surface area (Å²) < 4.78 is 29.0. The van der Waals surface area contributed by atoms with Crippen LogP contribution in [0.4, 0.5) is 10.2 Å². The molecule has 2 bridgehead atoms. The summed E-state index contributed by atoms with van der Waals surface area (Å²) in [6, 6.07) is 4.81. The van der Waals surface area contributed by atoms with Gasteiger partial charge in [-0.3, -0.25) is 14.2 Å². The fourth-order valence-electron chi connectivity index (χ4n) is 5.28. The Kier molecular flexibility index (Phi) is 9.51. The largest absolute Gasteiger partial charge is 0.482 e. The minimum Gasteiger partial charge on any atom is -0.482 e.